The van der Waals surface area contributed by atoms with Crippen LogP contribution in [0.5, 0.6) is 0 Å². The van der Waals surface area contributed by atoms with Gasteiger partial charge < -0.3 is 14.2 Å². The van der Waals surface area contributed by atoms with Gasteiger partial charge in [-0.05, 0) is 5.56 Å². The Kier molecular flexibility index (Phi) is 6.22. The molecular weight excluding hydrogens is 488 g/mol. The molecule has 5 rings (SSSR count). The van der Waals surface area contributed by atoms with Crippen molar-refractivity contribution in [2.24, 2.45) is 0 Å². The third-order valence-corrected chi connectivity index (χ3v) is 7.36. The van der Waals surface area contributed by atoms with Gasteiger partial charge in [-0.1, -0.05) is 37.3 Å². The Morgan fingerprint density at radius 2 is 2.03 bits per heavy atom. The fourth-order valence-electron chi connectivity index (χ4n) is 4.75. The molecule has 3 heterocycles. The number of nitrogens with zero attached hydrogens (tertiary/aromatic N) is 3. The fraction of sp³-hybridized carbons (Fsp3) is 0.375. The molecular formula is C24H25N4O7S+. The van der Waals surface area contributed by atoms with Crippen molar-refractivity contribution < 1.29 is 37.9 Å². The fourth-order valence-corrected chi connectivity index (χ4v) is 5.62. The first-order chi connectivity index (χ1) is 17.4. The van der Waals surface area contributed by atoms with Crippen molar-refractivity contribution in [2.75, 3.05) is 25.3 Å². The van der Waals surface area contributed by atoms with E-state index in [2.05, 4.69) is 10.3 Å². The molecule has 36 heavy (non-hydrogen) atoms. The van der Waals surface area contributed by atoms with Crippen molar-refractivity contribution in [2.45, 2.75) is 38.3 Å². The number of aromatic nitrogens is 1. The average Bonchev–Trinajstić information content (AvgIpc) is 3.19. The van der Waals surface area contributed by atoms with Gasteiger partial charge in [0.1, 0.15) is 12.6 Å². The number of hydrogen-bond donors (Lipinski definition) is 1. The summed E-state index contributed by atoms with van der Waals surface area (Å²) in [4.78, 5) is 57.4. The molecule has 188 valence electrons. The van der Waals surface area contributed by atoms with Crippen LogP contribution in [0.4, 0.5) is 9.93 Å². The number of anilines is 1. The van der Waals surface area contributed by atoms with Crippen LogP contribution in [0.1, 0.15) is 35.8 Å². The minimum absolute atomic E-state index is 0.0860. The van der Waals surface area contributed by atoms with Gasteiger partial charge in [0.15, 0.2) is 10.8 Å². The maximum atomic E-state index is 13.4. The van der Waals surface area contributed by atoms with Crippen LogP contribution in [0.25, 0.3) is 0 Å². The normalized spacial score (nSPS) is 24.7. The molecule has 2 aliphatic heterocycles. The summed E-state index contributed by atoms with van der Waals surface area (Å²) in [6.07, 6.45) is 0.891. The number of ether oxygens (including phenoxy) is 3. The lowest BCUT2D eigenvalue weighted by molar-refractivity contribution is -0.757. The van der Waals surface area contributed by atoms with Gasteiger partial charge in [-0.3, -0.25) is 15.0 Å². The molecule has 0 radical (unpaired) electrons. The van der Waals surface area contributed by atoms with Crippen molar-refractivity contribution in [3.05, 3.63) is 58.6 Å². The second-order valence-electron chi connectivity index (χ2n) is 8.57. The lowest BCUT2D eigenvalue weighted by Gasteiger charge is -2.28. The van der Waals surface area contributed by atoms with Gasteiger partial charge in [-0.15, -0.1) is 15.8 Å². The minimum Gasteiger partial charge on any atom is -0.464 e. The summed E-state index contributed by atoms with van der Waals surface area (Å²) in [6.45, 7) is 1.45. The quantitative estimate of drug-likeness (QED) is 0.324. The van der Waals surface area contributed by atoms with E-state index in [0.29, 0.717) is 23.7 Å². The van der Waals surface area contributed by atoms with Crippen molar-refractivity contribution in [3.63, 3.8) is 0 Å². The van der Waals surface area contributed by atoms with Crippen LogP contribution in [0.15, 0.2) is 47.4 Å². The number of esters is 1. The summed E-state index contributed by atoms with van der Waals surface area (Å²) < 4.78 is 15.6. The predicted octanol–water partition coefficient (Wildman–Crippen LogP) is 2.30. The largest absolute Gasteiger partial charge is 0.464 e. The third kappa shape index (κ3) is 3.82. The molecule has 4 amide bonds. The average molecular weight is 514 g/mol. The zero-order valence-corrected chi connectivity index (χ0v) is 20.6. The summed E-state index contributed by atoms with van der Waals surface area (Å²) >= 11 is 1.13. The number of benzene rings is 1. The number of carbonyl (C=O) groups is 4. The number of urea groups is 1. The van der Waals surface area contributed by atoms with Crippen molar-refractivity contribution in [1.29, 1.82) is 0 Å². The lowest BCUT2D eigenvalue weighted by Crippen LogP contribution is -2.57. The third-order valence-electron chi connectivity index (χ3n) is 6.52. The minimum atomic E-state index is -0.699. The lowest BCUT2D eigenvalue weighted by atomic mass is 10.1. The van der Waals surface area contributed by atoms with Crippen LogP contribution in [-0.4, -0.2) is 65.8 Å². The summed E-state index contributed by atoms with van der Waals surface area (Å²) in [5.74, 6) is -0.659. The molecule has 12 heteroatoms. The number of thiazole rings is 1. The first kappa shape index (κ1) is 23.9. The number of quaternary nitrogens is 1. The SMILES string of the molecule is CCC(=O)N(c1nc(C(=O)OC)cs1)C1CC1[N+]1(C2=C(Cc3ccccc3)OCO2)C(=O)CNC1=O. The zero-order valence-electron chi connectivity index (χ0n) is 19.8. The first-order valence-corrected chi connectivity index (χ1v) is 12.4. The van der Waals surface area contributed by atoms with Gasteiger partial charge in [0.05, 0.1) is 13.2 Å². The van der Waals surface area contributed by atoms with Gasteiger partial charge in [0.25, 0.3) is 0 Å². The maximum absolute atomic E-state index is 13.4. The second kappa shape index (κ2) is 9.36. The van der Waals surface area contributed by atoms with Crippen LogP contribution in [0.2, 0.25) is 0 Å². The Morgan fingerprint density at radius 1 is 1.25 bits per heavy atom. The molecule has 0 bridgehead atoms. The number of carbonyl (C=O) groups excluding carboxylic acids is 4. The van der Waals surface area contributed by atoms with Gasteiger partial charge in [-0.2, -0.15) is 0 Å². The highest BCUT2D eigenvalue weighted by Crippen LogP contribution is 2.48. The van der Waals surface area contributed by atoms with Crippen LogP contribution >= 0.6 is 11.3 Å². The zero-order chi connectivity index (χ0) is 25.4. The Bertz CT molecular complexity index is 1240. The van der Waals surface area contributed by atoms with E-state index >= 15 is 0 Å². The predicted molar refractivity (Wildman–Crippen MR) is 126 cm³/mol. The van der Waals surface area contributed by atoms with Crippen LogP contribution in [0, 0.1) is 0 Å². The first-order valence-electron chi connectivity index (χ1n) is 11.5. The van der Waals surface area contributed by atoms with Crippen molar-refractivity contribution in [3.8, 4) is 0 Å². The van der Waals surface area contributed by atoms with E-state index in [1.54, 1.807) is 6.92 Å². The summed E-state index contributed by atoms with van der Waals surface area (Å²) in [5, 5.41) is 4.47. The number of amides is 4. The number of allylic oxidation sites excluding steroid dienone is 1. The molecule has 2 fully saturated rings. The molecule has 3 aliphatic rings. The Balaban J connectivity index is 1.52. The van der Waals surface area contributed by atoms with E-state index in [1.807, 2.05) is 30.3 Å². The van der Waals surface area contributed by atoms with E-state index in [1.165, 1.54) is 17.4 Å². The highest BCUT2D eigenvalue weighted by molar-refractivity contribution is 7.14. The Hall–Kier alpha value is -3.77. The topological polar surface area (TPSA) is 124 Å². The molecule has 11 nitrogen and oxygen atoms in total. The molecule has 1 saturated carbocycles. The summed E-state index contributed by atoms with van der Waals surface area (Å²) in [5.41, 5.74) is 1.02. The van der Waals surface area contributed by atoms with Crippen LogP contribution in [-0.2, 0) is 30.2 Å². The molecule has 3 unspecified atom stereocenters. The molecule has 1 aliphatic carbocycles. The summed E-state index contributed by atoms with van der Waals surface area (Å²) in [7, 11) is 1.25. The molecule has 3 atom stereocenters. The van der Waals surface area contributed by atoms with Crippen LogP contribution < -0.4 is 10.2 Å². The number of rotatable bonds is 8. The Labute approximate surface area is 210 Å². The monoisotopic (exact) mass is 513 g/mol. The van der Waals surface area contributed by atoms with Gasteiger partial charge in [0.2, 0.25) is 18.5 Å². The van der Waals surface area contributed by atoms with E-state index < -0.39 is 28.6 Å². The van der Waals surface area contributed by atoms with E-state index in [4.69, 9.17) is 14.2 Å². The standard InChI is InChI=1S/C24H24N4O7S/c1-3-19(29)27(23-26-15(12-36-23)22(31)33-2)16-10-17(16)28(20(30)11-25-24(28)32)21-18(34-13-35-21)9-14-7-5-4-6-8-14/h4-8,12,16-17H,3,9-11,13H2,1-2H3/p+1. The number of nitrogens with one attached hydrogen (secondary N) is 1. The smallest absolute Gasteiger partial charge is 0.432 e. The summed E-state index contributed by atoms with van der Waals surface area (Å²) in [6, 6.07) is 7.92. The second-order valence-corrected chi connectivity index (χ2v) is 9.40. The van der Waals surface area contributed by atoms with Gasteiger partial charge >= 0.3 is 23.8 Å². The Morgan fingerprint density at radius 3 is 2.69 bits per heavy atom. The number of hydrogen-bond acceptors (Lipinski definition) is 9. The maximum Gasteiger partial charge on any atom is 0.432 e. The van der Waals surface area contributed by atoms with E-state index in [0.717, 1.165) is 16.9 Å². The number of methoxy groups -OCH3 is 1. The molecule has 2 aromatic rings. The molecule has 1 N–H and O–H groups in total. The van der Waals surface area contributed by atoms with E-state index in [9.17, 15) is 19.2 Å². The van der Waals surface area contributed by atoms with Crippen LogP contribution in [0.3, 0.4) is 0 Å². The molecule has 1 saturated heterocycles. The highest BCUT2D eigenvalue weighted by atomic mass is 32.1. The molecule has 1 aromatic heterocycles. The highest BCUT2D eigenvalue weighted by Gasteiger charge is 2.71. The van der Waals surface area contributed by atoms with E-state index in [-0.39, 0.29) is 43.1 Å². The van der Waals surface area contributed by atoms with Crippen molar-refractivity contribution in [1.82, 2.24) is 10.3 Å². The van der Waals surface area contributed by atoms with Gasteiger partial charge in [0, 0.05) is 24.6 Å². The molecule has 0 spiro atoms. The van der Waals surface area contributed by atoms with Crippen molar-refractivity contribution >= 4 is 40.3 Å². The van der Waals surface area contributed by atoms with Gasteiger partial charge in [-0.25, -0.2) is 19.4 Å². The number of imide groups is 1. The molecule has 1 aromatic carbocycles.